The highest BCUT2D eigenvalue weighted by atomic mass is 16.5. The lowest BCUT2D eigenvalue weighted by molar-refractivity contribution is -0.159. The van der Waals surface area contributed by atoms with Gasteiger partial charge in [-0.15, -0.1) is 0 Å². The average Bonchev–Trinajstić information content (AvgIpc) is 2.58. The summed E-state index contributed by atoms with van der Waals surface area (Å²) in [6.07, 6.45) is -1.31. The van der Waals surface area contributed by atoms with Crippen LogP contribution < -0.4 is 0 Å². The monoisotopic (exact) mass is 243 g/mol. The van der Waals surface area contributed by atoms with Gasteiger partial charge in [-0.1, -0.05) is 0 Å². The number of likely N-dealkylation sites (tertiary alicyclic amines) is 1. The van der Waals surface area contributed by atoms with Gasteiger partial charge in [0, 0.05) is 19.9 Å². The van der Waals surface area contributed by atoms with Crippen molar-refractivity contribution in [3.63, 3.8) is 0 Å². The van der Waals surface area contributed by atoms with Gasteiger partial charge in [-0.2, -0.15) is 0 Å². The van der Waals surface area contributed by atoms with Gasteiger partial charge in [-0.3, -0.25) is 24.1 Å². The number of rotatable bonds is 4. The Morgan fingerprint density at radius 1 is 1.41 bits per heavy atom. The molecular formula is C10H13NO6. The van der Waals surface area contributed by atoms with E-state index in [1.54, 1.807) is 0 Å². The number of esters is 1. The predicted molar refractivity (Wildman–Crippen MR) is 53.8 cm³/mol. The summed E-state index contributed by atoms with van der Waals surface area (Å²) in [6, 6.07) is 0. The van der Waals surface area contributed by atoms with Crippen molar-refractivity contribution >= 4 is 23.8 Å². The molecule has 1 saturated heterocycles. The van der Waals surface area contributed by atoms with E-state index in [-0.39, 0.29) is 31.7 Å². The molecule has 2 amide bonds. The standard InChI is InChI=1S/C10H13NO6/c1-6(12)11-5-4-7(10(11)16)17-9(15)3-2-8(13)14/h7H,2-5H2,1H3,(H,13,14). The largest absolute Gasteiger partial charge is 0.481 e. The summed E-state index contributed by atoms with van der Waals surface area (Å²) < 4.78 is 4.81. The molecule has 1 aliphatic heterocycles. The molecule has 1 fully saturated rings. The fraction of sp³-hybridized carbons (Fsp3) is 0.600. The number of imide groups is 1. The average molecular weight is 243 g/mol. The van der Waals surface area contributed by atoms with E-state index >= 15 is 0 Å². The van der Waals surface area contributed by atoms with Gasteiger partial charge in [-0.25, -0.2) is 0 Å². The third-order valence-corrected chi connectivity index (χ3v) is 2.35. The molecule has 1 atom stereocenters. The Morgan fingerprint density at radius 3 is 2.53 bits per heavy atom. The van der Waals surface area contributed by atoms with Crippen LogP contribution in [-0.2, 0) is 23.9 Å². The number of carboxylic acid groups (broad SMARTS) is 1. The Bertz CT molecular complexity index is 364. The molecule has 0 saturated carbocycles. The van der Waals surface area contributed by atoms with Gasteiger partial charge in [0.1, 0.15) is 0 Å². The number of amides is 2. The van der Waals surface area contributed by atoms with Crippen LogP contribution in [0.5, 0.6) is 0 Å². The summed E-state index contributed by atoms with van der Waals surface area (Å²) in [6.45, 7) is 1.48. The third-order valence-electron chi connectivity index (χ3n) is 2.35. The number of hydrogen-bond donors (Lipinski definition) is 1. The molecule has 94 valence electrons. The van der Waals surface area contributed by atoms with Crippen LogP contribution in [0.15, 0.2) is 0 Å². The van der Waals surface area contributed by atoms with Crippen LogP contribution in [0.25, 0.3) is 0 Å². The minimum absolute atomic E-state index is 0.227. The maximum absolute atomic E-state index is 11.5. The molecule has 1 rings (SSSR count). The first-order valence-electron chi connectivity index (χ1n) is 5.15. The quantitative estimate of drug-likeness (QED) is 0.670. The summed E-state index contributed by atoms with van der Waals surface area (Å²) in [5, 5.41) is 8.36. The molecule has 7 nitrogen and oxygen atoms in total. The van der Waals surface area contributed by atoms with Crippen LogP contribution >= 0.6 is 0 Å². The van der Waals surface area contributed by atoms with E-state index in [1.807, 2.05) is 0 Å². The molecule has 1 aliphatic rings. The van der Waals surface area contributed by atoms with E-state index in [0.29, 0.717) is 0 Å². The minimum atomic E-state index is -1.11. The van der Waals surface area contributed by atoms with Crippen LogP contribution in [0, 0.1) is 0 Å². The van der Waals surface area contributed by atoms with Gasteiger partial charge in [-0.05, 0) is 0 Å². The van der Waals surface area contributed by atoms with Crippen LogP contribution in [0.2, 0.25) is 0 Å². The molecule has 0 aromatic carbocycles. The van der Waals surface area contributed by atoms with Crippen molar-refractivity contribution in [2.75, 3.05) is 6.54 Å². The normalized spacial score (nSPS) is 19.2. The minimum Gasteiger partial charge on any atom is -0.481 e. The van der Waals surface area contributed by atoms with Gasteiger partial charge in [0.25, 0.3) is 5.91 Å². The zero-order chi connectivity index (χ0) is 13.0. The van der Waals surface area contributed by atoms with Crippen LogP contribution in [0.3, 0.4) is 0 Å². The van der Waals surface area contributed by atoms with E-state index < -0.39 is 23.9 Å². The Labute approximate surface area is 97.3 Å². The van der Waals surface area contributed by atoms with Crippen molar-refractivity contribution < 1.29 is 29.0 Å². The van der Waals surface area contributed by atoms with Crippen LogP contribution in [0.1, 0.15) is 26.2 Å². The number of aliphatic carboxylic acids is 1. The first kappa shape index (κ1) is 13.1. The van der Waals surface area contributed by atoms with Gasteiger partial charge in [0.05, 0.1) is 12.8 Å². The van der Waals surface area contributed by atoms with Crippen molar-refractivity contribution in [2.24, 2.45) is 0 Å². The number of carbonyl (C=O) groups excluding carboxylic acids is 3. The van der Waals surface area contributed by atoms with Gasteiger partial charge < -0.3 is 9.84 Å². The number of hydrogen-bond acceptors (Lipinski definition) is 5. The van der Waals surface area contributed by atoms with Crippen molar-refractivity contribution in [2.45, 2.75) is 32.3 Å². The van der Waals surface area contributed by atoms with Crippen LogP contribution in [-0.4, -0.2) is 46.4 Å². The highest BCUT2D eigenvalue weighted by molar-refractivity contribution is 5.98. The van der Waals surface area contributed by atoms with Gasteiger partial charge in [0.15, 0.2) is 6.10 Å². The van der Waals surface area contributed by atoms with E-state index in [1.165, 1.54) is 6.92 Å². The molecule has 0 aromatic rings. The molecule has 17 heavy (non-hydrogen) atoms. The van der Waals surface area contributed by atoms with Crippen LogP contribution in [0.4, 0.5) is 0 Å². The zero-order valence-electron chi connectivity index (χ0n) is 9.34. The Kier molecular flexibility index (Phi) is 4.19. The summed E-state index contributed by atoms with van der Waals surface area (Å²) in [4.78, 5) is 44.9. The van der Waals surface area contributed by atoms with Gasteiger partial charge >= 0.3 is 11.9 Å². The van der Waals surface area contributed by atoms with E-state index in [4.69, 9.17) is 9.84 Å². The lowest BCUT2D eigenvalue weighted by atomic mass is 10.3. The number of ether oxygens (including phenoxy) is 1. The summed E-state index contributed by atoms with van der Waals surface area (Å²) >= 11 is 0. The number of carboxylic acids is 1. The molecule has 1 unspecified atom stereocenters. The molecule has 0 radical (unpaired) electrons. The van der Waals surface area contributed by atoms with E-state index in [0.717, 1.165) is 4.90 Å². The smallest absolute Gasteiger partial charge is 0.307 e. The molecule has 7 heteroatoms. The summed E-state index contributed by atoms with van der Waals surface area (Å²) in [5.74, 6) is -2.78. The first-order chi connectivity index (χ1) is 7.91. The van der Waals surface area contributed by atoms with E-state index in [9.17, 15) is 19.2 Å². The topological polar surface area (TPSA) is 101 Å². The lowest BCUT2D eigenvalue weighted by Crippen LogP contribution is -2.35. The Hall–Kier alpha value is -1.92. The molecule has 1 N–H and O–H groups in total. The lowest BCUT2D eigenvalue weighted by Gasteiger charge is -2.12. The Balaban J connectivity index is 2.43. The fourth-order valence-electron chi connectivity index (χ4n) is 1.50. The molecule has 0 spiro atoms. The summed E-state index contributed by atoms with van der Waals surface area (Å²) in [5.41, 5.74) is 0. The highest BCUT2D eigenvalue weighted by Gasteiger charge is 2.36. The van der Waals surface area contributed by atoms with Crippen molar-refractivity contribution in [3.05, 3.63) is 0 Å². The second kappa shape index (κ2) is 5.42. The second-order valence-electron chi connectivity index (χ2n) is 3.67. The van der Waals surface area contributed by atoms with Gasteiger partial charge in [0.2, 0.25) is 5.91 Å². The number of carbonyl (C=O) groups is 4. The Morgan fingerprint density at radius 2 is 2.06 bits per heavy atom. The first-order valence-corrected chi connectivity index (χ1v) is 5.15. The highest BCUT2D eigenvalue weighted by Crippen LogP contribution is 2.15. The maximum atomic E-state index is 11.5. The van der Waals surface area contributed by atoms with Crippen molar-refractivity contribution in [1.29, 1.82) is 0 Å². The molecule has 1 heterocycles. The SMILES string of the molecule is CC(=O)N1CCC(OC(=O)CCC(=O)O)C1=O. The second-order valence-corrected chi connectivity index (χ2v) is 3.67. The molecule has 0 aliphatic carbocycles. The molecular weight excluding hydrogens is 230 g/mol. The fourth-order valence-corrected chi connectivity index (χ4v) is 1.50. The maximum Gasteiger partial charge on any atom is 0.307 e. The third kappa shape index (κ3) is 3.54. The van der Waals surface area contributed by atoms with Crippen molar-refractivity contribution in [1.82, 2.24) is 4.90 Å². The summed E-state index contributed by atoms with van der Waals surface area (Å²) in [7, 11) is 0. The number of nitrogens with zero attached hydrogens (tertiary/aromatic N) is 1. The molecule has 0 bridgehead atoms. The van der Waals surface area contributed by atoms with E-state index in [2.05, 4.69) is 0 Å². The predicted octanol–water partition coefficient (Wildman–Crippen LogP) is -0.458. The molecule has 0 aromatic heterocycles. The zero-order valence-corrected chi connectivity index (χ0v) is 9.34. The van der Waals surface area contributed by atoms with Crippen molar-refractivity contribution in [3.8, 4) is 0 Å².